The molecule has 29 heavy (non-hydrogen) atoms. The number of carbonyl (C=O) groups excluding carboxylic acids is 1. The van der Waals surface area contributed by atoms with Gasteiger partial charge in [-0.25, -0.2) is 13.4 Å². The number of nitrogens with zero attached hydrogens (tertiary/aromatic N) is 1. The van der Waals surface area contributed by atoms with Crippen LogP contribution in [0.2, 0.25) is 0 Å². The summed E-state index contributed by atoms with van der Waals surface area (Å²) in [6.07, 6.45) is 3.11. The Kier molecular flexibility index (Phi) is 7.40. The van der Waals surface area contributed by atoms with Crippen LogP contribution in [-0.4, -0.2) is 25.9 Å². The Labute approximate surface area is 179 Å². The quantitative estimate of drug-likeness (QED) is 0.458. The second-order valence-corrected chi connectivity index (χ2v) is 10.4. The van der Waals surface area contributed by atoms with E-state index in [1.807, 2.05) is 6.92 Å². The number of benzene rings is 1. The second-order valence-electron chi connectivity index (χ2n) is 6.60. The number of rotatable bonds is 10. The molecule has 0 saturated carbocycles. The van der Waals surface area contributed by atoms with E-state index in [0.717, 1.165) is 35.5 Å². The summed E-state index contributed by atoms with van der Waals surface area (Å²) in [5.74, 6) is -0.0398. The van der Waals surface area contributed by atoms with Gasteiger partial charge in [0, 0.05) is 23.3 Å². The Hall–Kier alpha value is -2.23. The van der Waals surface area contributed by atoms with Crippen LogP contribution in [0.3, 0.4) is 0 Å². The third-order valence-corrected chi connectivity index (χ3v) is 7.94. The van der Waals surface area contributed by atoms with Crippen molar-refractivity contribution in [2.45, 2.75) is 36.8 Å². The molecule has 1 amide bonds. The van der Waals surface area contributed by atoms with Crippen molar-refractivity contribution in [2.75, 3.05) is 11.3 Å². The Balaban J connectivity index is 1.39. The first-order valence-electron chi connectivity index (χ1n) is 9.25. The molecule has 3 aromatic rings. The first kappa shape index (κ1) is 21.5. The van der Waals surface area contributed by atoms with Gasteiger partial charge < -0.3 is 5.32 Å². The second kappa shape index (κ2) is 10.00. The number of hydrogen-bond acceptors (Lipinski definition) is 6. The van der Waals surface area contributed by atoms with Gasteiger partial charge in [-0.05, 0) is 55.3 Å². The number of aromatic nitrogens is 1. The van der Waals surface area contributed by atoms with Crippen LogP contribution < -0.4 is 10.0 Å². The summed E-state index contributed by atoms with van der Waals surface area (Å²) >= 11 is 2.84. The molecule has 0 bridgehead atoms. The van der Waals surface area contributed by atoms with E-state index in [2.05, 4.69) is 20.4 Å². The largest absolute Gasteiger partial charge is 0.356 e. The summed E-state index contributed by atoms with van der Waals surface area (Å²) in [6.45, 7) is 2.63. The summed E-state index contributed by atoms with van der Waals surface area (Å²) in [4.78, 5) is 16.5. The lowest BCUT2D eigenvalue weighted by molar-refractivity contribution is -0.120. The number of nitrogens with one attached hydrogen (secondary N) is 2. The zero-order valence-electron chi connectivity index (χ0n) is 16.1. The Morgan fingerprint density at radius 3 is 2.55 bits per heavy atom. The number of thiophene rings is 1. The van der Waals surface area contributed by atoms with Crippen LogP contribution in [0, 0.1) is 6.92 Å². The van der Waals surface area contributed by atoms with Crippen molar-refractivity contribution in [3.8, 4) is 0 Å². The minimum Gasteiger partial charge on any atom is -0.356 e. The molecule has 2 heterocycles. The molecule has 0 aliphatic heterocycles. The van der Waals surface area contributed by atoms with Crippen molar-refractivity contribution >= 4 is 44.3 Å². The third kappa shape index (κ3) is 6.66. The summed E-state index contributed by atoms with van der Waals surface area (Å²) in [5, 5.41) is 7.84. The van der Waals surface area contributed by atoms with Crippen LogP contribution in [0.15, 0.2) is 51.4 Å². The Morgan fingerprint density at radius 2 is 1.90 bits per heavy atom. The van der Waals surface area contributed by atoms with E-state index in [-0.39, 0.29) is 16.5 Å². The number of carbonyl (C=O) groups is 1. The van der Waals surface area contributed by atoms with Crippen LogP contribution in [-0.2, 0) is 27.7 Å². The van der Waals surface area contributed by atoms with Gasteiger partial charge in [0.2, 0.25) is 5.91 Å². The highest BCUT2D eigenvalue weighted by Gasteiger charge is 2.15. The van der Waals surface area contributed by atoms with Crippen molar-refractivity contribution in [2.24, 2.45) is 0 Å². The molecular weight excluding hydrogens is 426 g/mol. The zero-order chi connectivity index (χ0) is 20.7. The smallest absolute Gasteiger partial charge is 0.271 e. The first-order valence-corrected chi connectivity index (χ1v) is 12.5. The normalized spacial score (nSPS) is 11.3. The lowest BCUT2D eigenvalue weighted by atomic mass is 10.1. The molecule has 1 aromatic carbocycles. The molecular formula is C20H23N3O3S3. The standard InChI is InChI=1S/C20H23N3O3S3/c1-15-14-28-19(22-15)5-2-3-11-21-18(24)13-16-7-9-17(10-8-16)23-29(25,26)20-6-4-12-27-20/h4,6-10,12,14,23H,2-3,5,11,13H2,1H3,(H,21,24). The number of hydrogen-bond donors (Lipinski definition) is 2. The van der Waals surface area contributed by atoms with Crippen LogP contribution >= 0.6 is 22.7 Å². The van der Waals surface area contributed by atoms with Gasteiger partial charge in [-0.15, -0.1) is 22.7 Å². The lowest BCUT2D eigenvalue weighted by Crippen LogP contribution is -2.26. The molecule has 0 radical (unpaired) electrons. The molecule has 0 aliphatic carbocycles. The van der Waals surface area contributed by atoms with Gasteiger partial charge in [-0.1, -0.05) is 18.2 Å². The number of unbranched alkanes of at least 4 members (excludes halogenated alkanes) is 1. The summed E-state index contributed by atoms with van der Waals surface area (Å²) in [5.41, 5.74) is 2.36. The Morgan fingerprint density at radius 1 is 1.10 bits per heavy atom. The fraction of sp³-hybridized carbons (Fsp3) is 0.300. The molecule has 0 spiro atoms. The predicted molar refractivity (Wildman–Crippen MR) is 118 cm³/mol. The molecule has 0 fully saturated rings. The fourth-order valence-corrected chi connectivity index (χ4v) is 5.58. The zero-order valence-corrected chi connectivity index (χ0v) is 18.5. The number of sulfonamides is 1. The van der Waals surface area contributed by atoms with Gasteiger partial charge >= 0.3 is 0 Å². The van der Waals surface area contributed by atoms with Crippen LogP contribution in [0.25, 0.3) is 0 Å². The highest BCUT2D eigenvalue weighted by Crippen LogP contribution is 2.20. The third-order valence-electron chi connectivity index (χ3n) is 4.14. The van der Waals surface area contributed by atoms with Gasteiger partial charge in [-0.3, -0.25) is 9.52 Å². The van der Waals surface area contributed by atoms with Crippen molar-refractivity contribution in [3.05, 3.63) is 63.4 Å². The molecule has 0 aliphatic rings. The van der Waals surface area contributed by atoms with Gasteiger partial charge in [0.25, 0.3) is 10.0 Å². The van der Waals surface area contributed by atoms with E-state index in [1.165, 1.54) is 11.3 Å². The SMILES string of the molecule is Cc1csc(CCCCNC(=O)Cc2ccc(NS(=O)(=O)c3cccs3)cc2)n1. The summed E-state index contributed by atoms with van der Waals surface area (Å²) in [7, 11) is -3.56. The van der Waals surface area contributed by atoms with Crippen molar-refractivity contribution in [1.29, 1.82) is 0 Å². The maximum absolute atomic E-state index is 12.2. The molecule has 154 valence electrons. The van der Waals surface area contributed by atoms with Gasteiger partial charge in [0.05, 0.1) is 11.4 Å². The maximum atomic E-state index is 12.2. The average molecular weight is 450 g/mol. The molecule has 0 saturated heterocycles. The number of aryl methyl sites for hydroxylation is 2. The molecule has 0 unspecified atom stereocenters. The van der Waals surface area contributed by atoms with Gasteiger partial charge in [0.15, 0.2) is 0 Å². The molecule has 3 rings (SSSR count). The van der Waals surface area contributed by atoms with Crippen LogP contribution in [0.4, 0.5) is 5.69 Å². The van der Waals surface area contributed by atoms with Crippen LogP contribution in [0.1, 0.15) is 29.1 Å². The summed E-state index contributed by atoms with van der Waals surface area (Å²) in [6, 6.07) is 10.1. The molecule has 9 heteroatoms. The van der Waals surface area contributed by atoms with Crippen LogP contribution in [0.5, 0.6) is 0 Å². The van der Waals surface area contributed by atoms with Gasteiger partial charge in [-0.2, -0.15) is 0 Å². The van der Waals surface area contributed by atoms with E-state index in [4.69, 9.17) is 0 Å². The molecule has 2 aromatic heterocycles. The highest BCUT2D eigenvalue weighted by atomic mass is 32.2. The fourth-order valence-electron chi connectivity index (χ4n) is 2.71. The minimum atomic E-state index is -3.56. The number of anilines is 1. The van der Waals surface area contributed by atoms with Crippen molar-refractivity contribution in [1.82, 2.24) is 10.3 Å². The van der Waals surface area contributed by atoms with Gasteiger partial charge in [0.1, 0.15) is 4.21 Å². The molecule has 0 atom stereocenters. The van der Waals surface area contributed by atoms with E-state index in [1.54, 1.807) is 53.1 Å². The van der Waals surface area contributed by atoms with E-state index in [9.17, 15) is 13.2 Å². The van der Waals surface area contributed by atoms with E-state index >= 15 is 0 Å². The first-order chi connectivity index (χ1) is 13.9. The molecule has 6 nitrogen and oxygen atoms in total. The highest BCUT2D eigenvalue weighted by molar-refractivity contribution is 7.94. The molecule has 2 N–H and O–H groups in total. The van der Waals surface area contributed by atoms with E-state index < -0.39 is 10.0 Å². The Bertz CT molecular complexity index is 1030. The lowest BCUT2D eigenvalue weighted by Gasteiger charge is -2.08. The maximum Gasteiger partial charge on any atom is 0.271 e. The topological polar surface area (TPSA) is 88.2 Å². The predicted octanol–water partition coefficient (Wildman–Crippen LogP) is 4.00. The summed E-state index contributed by atoms with van der Waals surface area (Å²) < 4.78 is 27.3. The average Bonchev–Trinajstić information content (AvgIpc) is 3.35. The monoisotopic (exact) mass is 449 g/mol. The van der Waals surface area contributed by atoms with E-state index in [0.29, 0.717) is 12.2 Å². The number of thiazole rings is 1. The van der Waals surface area contributed by atoms with Crippen molar-refractivity contribution < 1.29 is 13.2 Å². The minimum absolute atomic E-state index is 0.0398. The van der Waals surface area contributed by atoms with Crippen molar-refractivity contribution in [3.63, 3.8) is 0 Å². The number of amides is 1.